The molecule has 4 heteroatoms. The monoisotopic (exact) mass is 329 g/mol. The molecule has 1 atom stereocenters. The first-order chi connectivity index (χ1) is 8.06. The van der Waals surface area contributed by atoms with Crippen molar-refractivity contribution in [3.8, 4) is 0 Å². The highest BCUT2D eigenvalue weighted by Gasteiger charge is 2.09. The predicted octanol–water partition coefficient (Wildman–Crippen LogP) is 5.65. The summed E-state index contributed by atoms with van der Waals surface area (Å²) < 4.78 is 1.03. The van der Waals surface area contributed by atoms with Gasteiger partial charge >= 0.3 is 0 Å². The average Bonchev–Trinajstić information content (AvgIpc) is 2.70. The van der Waals surface area contributed by atoms with E-state index < -0.39 is 0 Å². The lowest BCUT2D eigenvalue weighted by Gasteiger charge is -2.15. The molecule has 1 nitrogen and oxygen atoms in total. The second-order valence-corrected chi connectivity index (χ2v) is 6.55. The van der Waals surface area contributed by atoms with Crippen molar-refractivity contribution in [1.29, 1.82) is 0 Å². The molecule has 0 fully saturated rings. The van der Waals surface area contributed by atoms with Crippen LogP contribution in [0.25, 0.3) is 0 Å². The Bertz CT molecular complexity index is 524. The van der Waals surface area contributed by atoms with E-state index >= 15 is 0 Å². The number of aryl methyl sites for hydroxylation is 1. The fourth-order valence-corrected chi connectivity index (χ4v) is 3.01. The molecule has 0 amide bonds. The highest BCUT2D eigenvalue weighted by atomic mass is 79.9. The molecule has 1 unspecified atom stereocenters. The van der Waals surface area contributed by atoms with E-state index in [4.69, 9.17) is 11.6 Å². The summed E-state index contributed by atoms with van der Waals surface area (Å²) in [6.07, 6.45) is 0. The number of halogens is 2. The molecule has 1 N–H and O–H groups in total. The van der Waals surface area contributed by atoms with Crippen molar-refractivity contribution in [2.45, 2.75) is 19.9 Å². The summed E-state index contributed by atoms with van der Waals surface area (Å²) in [7, 11) is 0. The molecule has 1 aromatic carbocycles. The third-order valence-electron chi connectivity index (χ3n) is 2.49. The molecule has 1 aromatic heterocycles. The molecule has 0 saturated heterocycles. The smallest absolute Gasteiger partial charge is 0.0578 e. The van der Waals surface area contributed by atoms with Gasteiger partial charge < -0.3 is 5.32 Å². The van der Waals surface area contributed by atoms with E-state index in [0.717, 1.165) is 15.2 Å². The van der Waals surface area contributed by atoms with Gasteiger partial charge in [-0.1, -0.05) is 11.6 Å². The maximum Gasteiger partial charge on any atom is 0.0578 e. The quantitative estimate of drug-likeness (QED) is 0.767. The Morgan fingerprint density at radius 2 is 2.06 bits per heavy atom. The lowest BCUT2D eigenvalue weighted by molar-refractivity contribution is 0.907. The Labute approximate surface area is 119 Å². The van der Waals surface area contributed by atoms with Crippen LogP contribution in [-0.2, 0) is 0 Å². The summed E-state index contributed by atoms with van der Waals surface area (Å²) in [4.78, 5) is 2.66. The van der Waals surface area contributed by atoms with E-state index in [0.29, 0.717) is 0 Å². The molecule has 0 spiro atoms. The maximum absolute atomic E-state index is 5.99. The minimum Gasteiger partial charge on any atom is -0.377 e. The van der Waals surface area contributed by atoms with Gasteiger partial charge in [-0.3, -0.25) is 0 Å². The average molecular weight is 331 g/mol. The van der Waals surface area contributed by atoms with Crippen LogP contribution in [0.4, 0.5) is 5.69 Å². The second-order valence-electron chi connectivity index (χ2n) is 3.94. The first-order valence-electron chi connectivity index (χ1n) is 5.34. The Kier molecular flexibility index (Phi) is 4.13. The standard InChI is InChI=1S/C13H13BrClNS/c1-8-3-6-13(17-8)9(2)16-12-7-10(15)4-5-11(12)14/h3-7,9,16H,1-2H3. The third-order valence-corrected chi connectivity index (χ3v) is 4.60. The minimum absolute atomic E-state index is 0.281. The van der Waals surface area contributed by atoms with Crippen molar-refractivity contribution >= 4 is 44.6 Å². The fourth-order valence-electron chi connectivity index (χ4n) is 1.60. The zero-order valence-electron chi connectivity index (χ0n) is 9.63. The van der Waals surface area contributed by atoms with Crippen molar-refractivity contribution in [3.05, 3.63) is 49.6 Å². The van der Waals surface area contributed by atoms with E-state index in [1.54, 1.807) is 0 Å². The summed E-state index contributed by atoms with van der Waals surface area (Å²) in [5.41, 5.74) is 1.02. The molecule has 0 radical (unpaired) electrons. The normalized spacial score (nSPS) is 12.5. The summed E-state index contributed by atoms with van der Waals surface area (Å²) in [6.45, 7) is 4.27. The lowest BCUT2D eigenvalue weighted by Crippen LogP contribution is -2.05. The topological polar surface area (TPSA) is 12.0 Å². The Balaban J connectivity index is 2.18. The van der Waals surface area contributed by atoms with Crippen LogP contribution in [0, 0.1) is 6.92 Å². The molecule has 1 heterocycles. The van der Waals surface area contributed by atoms with Gasteiger partial charge in [0, 0.05) is 19.2 Å². The molecular weight excluding hydrogens is 318 g/mol. The molecule has 0 aliphatic carbocycles. The number of anilines is 1. The number of hydrogen-bond donors (Lipinski definition) is 1. The lowest BCUT2D eigenvalue weighted by atomic mass is 10.2. The van der Waals surface area contributed by atoms with Gasteiger partial charge in [-0.05, 0) is 60.1 Å². The van der Waals surface area contributed by atoms with Gasteiger partial charge in [0.15, 0.2) is 0 Å². The van der Waals surface area contributed by atoms with Gasteiger partial charge in [0.2, 0.25) is 0 Å². The molecule has 2 aromatic rings. The van der Waals surface area contributed by atoms with Gasteiger partial charge in [0.05, 0.1) is 11.7 Å². The van der Waals surface area contributed by atoms with Crippen molar-refractivity contribution in [2.24, 2.45) is 0 Å². The second kappa shape index (κ2) is 5.42. The first kappa shape index (κ1) is 12.9. The van der Waals surface area contributed by atoms with E-state index in [2.05, 4.69) is 47.2 Å². The highest BCUT2D eigenvalue weighted by molar-refractivity contribution is 9.10. The van der Waals surface area contributed by atoms with Crippen molar-refractivity contribution in [1.82, 2.24) is 0 Å². The van der Waals surface area contributed by atoms with Gasteiger partial charge in [-0.15, -0.1) is 11.3 Å². The van der Waals surface area contributed by atoms with Crippen LogP contribution in [0.15, 0.2) is 34.8 Å². The number of nitrogens with one attached hydrogen (secondary N) is 1. The van der Waals surface area contributed by atoms with E-state index in [1.807, 2.05) is 29.5 Å². The maximum atomic E-state index is 5.99. The SMILES string of the molecule is Cc1ccc(C(C)Nc2cc(Cl)ccc2Br)s1. The van der Waals surface area contributed by atoms with Gasteiger partial charge in [-0.2, -0.15) is 0 Å². The first-order valence-corrected chi connectivity index (χ1v) is 7.33. The van der Waals surface area contributed by atoms with E-state index in [9.17, 15) is 0 Å². The molecular formula is C13H13BrClNS. The molecule has 0 bridgehead atoms. The number of thiophene rings is 1. The highest BCUT2D eigenvalue weighted by Crippen LogP contribution is 2.31. The Morgan fingerprint density at radius 3 is 2.71 bits per heavy atom. The summed E-state index contributed by atoms with van der Waals surface area (Å²) >= 11 is 11.3. The molecule has 0 aliphatic rings. The molecule has 0 aliphatic heterocycles. The van der Waals surface area contributed by atoms with E-state index in [1.165, 1.54) is 9.75 Å². The van der Waals surface area contributed by atoms with Crippen LogP contribution in [0.3, 0.4) is 0 Å². The van der Waals surface area contributed by atoms with Crippen LogP contribution in [0.1, 0.15) is 22.7 Å². The van der Waals surface area contributed by atoms with E-state index in [-0.39, 0.29) is 6.04 Å². The van der Waals surface area contributed by atoms with Crippen LogP contribution in [0.2, 0.25) is 5.02 Å². The molecule has 17 heavy (non-hydrogen) atoms. The zero-order valence-corrected chi connectivity index (χ0v) is 12.8. The fraction of sp³-hybridized carbons (Fsp3) is 0.231. The van der Waals surface area contributed by atoms with Gasteiger partial charge in [0.1, 0.15) is 0 Å². The zero-order chi connectivity index (χ0) is 12.4. The largest absolute Gasteiger partial charge is 0.377 e. The van der Waals surface area contributed by atoms with Crippen LogP contribution < -0.4 is 5.32 Å². The van der Waals surface area contributed by atoms with Gasteiger partial charge in [0.25, 0.3) is 0 Å². The van der Waals surface area contributed by atoms with Crippen LogP contribution in [0.5, 0.6) is 0 Å². The molecule has 0 saturated carbocycles. The number of rotatable bonds is 3. The number of hydrogen-bond acceptors (Lipinski definition) is 2. The summed E-state index contributed by atoms with van der Waals surface area (Å²) in [6, 6.07) is 10.3. The van der Waals surface area contributed by atoms with Crippen molar-refractivity contribution in [2.75, 3.05) is 5.32 Å². The minimum atomic E-state index is 0.281. The molecule has 90 valence electrons. The van der Waals surface area contributed by atoms with Crippen molar-refractivity contribution in [3.63, 3.8) is 0 Å². The van der Waals surface area contributed by atoms with Crippen LogP contribution in [-0.4, -0.2) is 0 Å². The van der Waals surface area contributed by atoms with Crippen molar-refractivity contribution < 1.29 is 0 Å². The summed E-state index contributed by atoms with van der Waals surface area (Å²) in [5, 5.41) is 4.20. The Morgan fingerprint density at radius 1 is 1.29 bits per heavy atom. The third kappa shape index (κ3) is 3.24. The van der Waals surface area contributed by atoms with Gasteiger partial charge in [-0.25, -0.2) is 0 Å². The number of benzene rings is 1. The molecule has 2 rings (SSSR count). The summed E-state index contributed by atoms with van der Waals surface area (Å²) in [5.74, 6) is 0. The predicted molar refractivity (Wildman–Crippen MR) is 80.2 cm³/mol. The van der Waals surface area contributed by atoms with Crippen LogP contribution >= 0.6 is 38.9 Å². The Hall–Kier alpha value is -0.510.